The molecule has 24 heavy (non-hydrogen) atoms. The zero-order valence-corrected chi connectivity index (χ0v) is 13.0. The number of carbonyl (C=O) groups is 1. The van der Waals surface area contributed by atoms with Crippen LogP contribution in [-0.2, 0) is 4.79 Å². The molecule has 0 saturated carbocycles. The number of aliphatic hydroxyl groups is 1. The molecule has 1 amide bonds. The van der Waals surface area contributed by atoms with E-state index in [9.17, 15) is 27.5 Å². The van der Waals surface area contributed by atoms with E-state index in [2.05, 4.69) is 0 Å². The third-order valence-electron chi connectivity index (χ3n) is 4.14. The average molecular weight is 348 g/mol. The molecule has 1 aliphatic heterocycles. The lowest BCUT2D eigenvalue weighted by molar-refractivity contribution is -0.139. The van der Waals surface area contributed by atoms with Crippen molar-refractivity contribution in [3.8, 4) is 0 Å². The highest BCUT2D eigenvalue weighted by Crippen LogP contribution is 2.30. The minimum atomic E-state index is -4.41. The van der Waals surface area contributed by atoms with Crippen molar-refractivity contribution in [2.45, 2.75) is 25.1 Å². The van der Waals surface area contributed by atoms with E-state index in [1.807, 2.05) is 5.32 Å². The highest BCUT2D eigenvalue weighted by molar-refractivity contribution is 5.78. The Morgan fingerprint density at radius 1 is 1.25 bits per heavy atom. The van der Waals surface area contributed by atoms with Gasteiger partial charge in [-0.1, -0.05) is 12.1 Å². The molecule has 8 heteroatoms. The minimum absolute atomic E-state index is 0.0232. The SMILES string of the molecule is O=C(CN1CCC(C(O)c2ccc(F)cc2)CC1)NCC(F)(F)F. The van der Waals surface area contributed by atoms with E-state index in [4.69, 9.17) is 0 Å². The van der Waals surface area contributed by atoms with Gasteiger partial charge in [0.2, 0.25) is 5.91 Å². The molecule has 0 spiro atoms. The number of likely N-dealkylation sites (tertiary alicyclic amines) is 1. The minimum Gasteiger partial charge on any atom is -0.388 e. The average Bonchev–Trinajstić information content (AvgIpc) is 2.53. The largest absolute Gasteiger partial charge is 0.405 e. The fourth-order valence-electron chi connectivity index (χ4n) is 2.82. The van der Waals surface area contributed by atoms with Crippen LogP contribution < -0.4 is 5.32 Å². The van der Waals surface area contributed by atoms with Gasteiger partial charge in [0.15, 0.2) is 0 Å². The second-order valence-corrected chi connectivity index (χ2v) is 6.00. The van der Waals surface area contributed by atoms with Crippen LogP contribution in [0.5, 0.6) is 0 Å². The number of rotatable bonds is 5. The lowest BCUT2D eigenvalue weighted by atomic mass is 9.87. The molecule has 2 rings (SSSR count). The third kappa shape index (κ3) is 5.76. The van der Waals surface area contributed by atoms with Crippen LogP contribution >= 0.6 is 0 Å². The Morgan fingerprint density at radius 3 is 2.38 bits per heavy atom. The number of hydrogen-bond acceptors (Lipinski definition) is 3. The van der Waals surface area contributed by atoms with Crippen LogP contribution in [0.25, 0.3) is 0 Å². The Bertz CT molecular complexity index is 540. The van der Waals surface area contributed by atoms with Gasteiger partial charge in [0.25, 0.3) is 0 Å². The van der Waals surface area contributed by atoms with Gasteiger partial charge >= 0.3 is 6.18 Å². The molecule has 1 heterocycles. The molecule has 4 nitrogen and oxygen atoms in total. The second kappa shape index (κ2) is 7.94. The summed E-state index contributed by atoms with van der Waals surface area (Å²) >= 11 is 0. The summed E-state index contributed by atoms with van der Waals surface area (Å²) in [5.41, 5.74) is 0.637. The molecule has 1 aromatic carbocycles. The summed E-state index contributed by atoms with van der Waals surface area (Å²) in [4.78, 5) is 13.3. The lowest BCUT2D eigenvalue weighted by Crippen LogP contribution is -2.44. The van der Waals surface area contributed by atoms with Crippen LogP contribution in [-0.4, -0.2) is 48.3 Å². The number of nitrogens with one attached hydrogen (secondary N) is 1. The van der Waals surface area contributed by atoms with E-state index < -0.39 is 24.7 Å². The summed E-state index contributed by atoms with van der Waals surface area (Å²) in [6, 6.07) is 5.66. The molecule has 1 aromatic rings. The van der Waals surface area contributed by atoms with E-state index in [1.165, 1.54) is 24.3 Å². The van der Waals surface area contributed by atoms with Crippen LogP contribution in [0.15, 0.2) is 24.3 Å². The van der Waals surface area contributed by atoms with E-state index in [0.717, 1.165) is 0 Å². The van der Waals surface area contributed by atoms with Gasteiger partial charge in [-0.05, 0) is 49.5 Å². The second-order valence-electron chi connectivity index (χ2n) is 6.00. The third-order valence-corrected chi connectivity index (χ3v) is 4.14. The predicted octanol–water partition coefficient (Wildman–Crippen LogP) is 2.25. The molecule has 1 aliphatic rings. The van der Waals surface area contributed by atoms with Crippen LogP contribution in [0.2, 0.25) is 0 Å². The number of benzene rings is 1. The van der Waals surface area contributed by atoms with E-state index >= 15 is 0 Å². The first kappa shape index (κ1) is 18.7. The monoisotopic (exact) mass is 348 g/mol. The van der Waals surface area contributed by atoms with Crippen LogP contribution in [0.3, 0.4) is 0 Å². The molecule has 0 aliphatic carbocycles. The molecule has 2 N–H and O–H groups in total. The van der Waals surface area contributed by atoms with Crippen molar-refractivity contribution in [3.63, 3.8) is 0 Å². The fourth-order valence-corrected chi connectivity index (χ4v) is 2.82. The molecule has 0 aromatic heterocycles. The highest BCUT2D eigenvalue weighted by Gasteiger charge is 2.29. The van der Waals surface area contributed by atoms with Gasteiger partial charge in [0, 0.05) is 0 Å². The maximum Gasteiger partial charge on any atom is 0.405 e. The van der Waals surface area contributed by atoms with Crippen molar-refractivity contribution in [2.24, 2.45) is 5.92 Å². The normalized spacial score (nSPS) is 18.4. The quantitative estimate of drug-likeness (QED) is 0.803. The van der Waals surface area contributed by atoms with Crippen molar-refractivity contribution in [1.82, 2.24) is 10.2 Å². The molecule has 1 saturated heterocycles. The molecule has 0 radical (unpaired) electrons. The van der Waals surface area contributed by atoms with Crippen molar-refractivity contribution >= 4 is 5.91 Å². The summed E-state index contributed by atoms with van der Waals surface area (Å²) in [5, 5.41) is 12.2. The van der Waals surface area contributed by atoms with Gasteiger partial charge < -0.3 is 10.4 Å². The molecule has 1 fully saturated rings. The summed E-state index contributed by atoms with van der Waals surface area (Å²) in [7, 11) is 0. The highest BCUT2D eigenvalue weighted by atomic mass is 19.4. The number of amides is 1. The smallest absolute Gasteiger partial charge is 0.388 e. The van der Waals surface area contributed by atoms with Gasteiger partial charge in [-0.25, -0.2) is 4.39 Å². The zero-order valence-electron chi connectivity index (χ0n) is 13.0. The number of alkyl halides is 3. The molecular formula is C16H20F4N2O2. The first-order valence-corrected chi connectivity index (χ1v) is 7.74. The van der Waals surface area contributed by atoms with Crippen molar-refractivity contribution in [3.05, 3.63) is 35.6 Å². The first-order valence-electron chi connectivity index (χ1n) is 7.74. The Labute approximate surface area is 137 Å². The maximum absolute atomic E-state index is 12.9. The fraction of sp³-hybridized carbons (Fsp3) is 0.562. The Balaban J connectivity index is 1.76. The van der Waals surface area contributed by atoms with Crippen LogP contribution in [0, 0.1) is 11.7 Å². The number of nitrogens with zero attached hydrogens (tertiary/aromatic N) is 1. The van der Waals surface area contributed by atoms with Gasteiger partial charge in [-0.2, -0.15) is 13.2 Å². The van der Waals surface area contributed by atoms with Crippen LogP contribution in [0.4, 0.5) is 17.6 Å². The summed E-state index contributed by atoms with van der Waals surface area (Å²) < 4.78 is 49.0. The van der Waals surface area contributed by atoms with Crippen LogP contribution in [0.1, 0.15) is 24.5 Å². The van der Waals surface area contributed by atoms with E-state index in [1.54, 1.807) is 4.90 Å². The van der Waals surface area contributed by atoms with E-state index in [0.29, 0.717) is 31.5 Å². The summed E-state index contributed by atoms with van der Waals surface area (Å²) in [6.07, 6.45) is -3.90. The van der Waals surface area contributed by atoms with E-state index in [-0.39, 0.29) is 18.3 Å². The number of aliphatic hydroxyl groups excluding tert-OH is 1. The molecular weight excluding hydrogens is 328 g/mol. The lowest BCUT2D eigenvalue weighted by Gasteiger charge is -2.34. The standard InChI is InChI=1S/C16H20F4N2O2/c17-13-3-1-11(2-4-13)15(24)12-5-7-22(8-6-12)9-14(23)21-10-16(18,19)20/h1-4,12,15,24H,5-10H2,(H,21,23). The number of carbonyl (C=O) groups excluding carboxylic acids is 1. The maximum atomic E-state index is 12.9. The van der Waals surface area contributed by atoms with Gasteiger partial charge in [-0.15, -0.1) is 0 Å². The molecule has 1 atom stereocenters. The molecule has 134 valence electrons. The van der Waals surface area contributed by atoms with Gasteiger partial charge in [0.1, 0.15) is 12.4 Å². The predicted molar refractivity (Wildman–Crippen MR) is 79.6 cm³/mol. The van der Waals surface area contributed by atoms with Crippen molar-refractivity contribution in [1.29, 1.82) is 0 Å². The molecule has 1 unspecified atom stereocenters. The first-order chi connectivity index (χ1) is 11.2. The van der Waals surface area contributed by atoms with Crippen molar-refractivity contribution in [2.75, 3.05) is 26.2 Å². The zero-order chi connectivity index (χ0) is 17.7. The topological polar surface area (TPSA) is 52.6 Å². The van der Waals surface area contributed by atoms with Gasteiger partial charge in [0.05, 0.1) is 12.6 Å². The Kier molecular flexibility index (Phi) is 6.17. The van der Waals surface area contributed by atoms with Gasteiger partial charge in [-0.3, -0.25) is 9.69 Å². The number of halogens is 4. The molecule has 0 bridgehead atoms. The number of hydrogen-bond donors (Lipinski definition) is 2. The van der Waals surface area contributed by atoms with Crippen molar-refractivity contribution < 1.29 is 27.5 Å². The Morgan fingerprint density at radius 2 is 1.83 bits per heavy atom. The summed E-state index contributed by atoms with van der Waals surface area (Å²) in [5.74, 6) is -1.06. The summed E-state index contributed by atoms with van der Waals surface area (Å²) in [6.45, 7) is -0.383. The number of piperidine rings is 1. The Hall–Kier alpha value is -1.67.